The van der Waals surface area contributed by atoms with E-state index in [2.05, 4.69) is 83.2 Å². The molecule has 3 aromatic rings. The van der Waals surface area contributed by atoms with Crippen molar-refractivity contribution in [3.63, 3.8) is 0 Å². The molecule has 174 valence electrons. The summed E-state index contributed by atoms with van der Waals surface area (Å²) in [6.45, 7) is 8.29. The minimum atomic E-state index is 1.13. The summed E-state index contributed by atoms with van der Waals surface area (Å²) < 4.78 is 1.16. The highest BCUT2D eigenvalue weighted by atomic mass is 79.9. The van der Waals surface area contributed by atoms with E-state index in [-0.39, 0.29) is 0 Å². The van der Waals surface area contributed by atoms with Crippen LogP contribution in [-0.2, 0) is 6.42 Å². The Morgan fingerprint density at radius 3 is 1.97 bits per heavy atom. The van der Waals surface area contributed by atoms with Crippen molar-refractivity contribution < 1.29 is 0 Å². The van der Waals surface area contributed by atoms with E-state index in [0.29, 0.717) is 0 Å². The number of unbranched alkanes of at least 4 members (excludes halogenated alkanes) is 8. The summed E-state index contributed by atoms with van der Waals surface area (Å²) in [5.74, 6) is 0. The van der Waals surface area contributed by atoms with Gasteiger partial charge in [0.05, 0.1) is 0 Å². The van der Waals surface area contributed by atoms with Crippen LogP contribution >= 0.6 is 15.9 Å². The van der Waals surface area contributed by atoms with Crippen LogP contribution in [0.3, 0.4) is 0 Å². The van der Waals surface area contributed by atoms with Crippen molar-refractivity contribution >= 4 is 37.5 Å². The van der Waals surface area contributed by atoms with Crippen molar-refractivity contribution in [2.75, 3.05) is 19.6 Å². The molecule has 0 aliphatic heterocycles. The number of fused-ring (bicyclic) bond motifs is 3. The fourth-order valence-electron chi connectivity index (χ4n) is 4.85. The third-order valence-electron chi connectivity index (χ3n) is 6.76. The summed E-state index contributed by atoms with van der Waals surface area (Å²) in [6, 6.07) is 18.1. The summed E-state index contributed by atoms with van der Waals surface area (Å²) >= 11 is 3.69. The standard InChI is InChI=1S/C30H42BrN/c1-3-5-7-9-13-20-32(21-14-10-8-6-4-2)22-19-26-23-25-15-11-12-16-28(25)30-24-27(31)17-18-29(26)30/h11-12,15-18,23-24H,3-10,13-14,19-22H2,1-2H3. The molecule has 32 heavy (non-hydrogen) atoms. The van der Waals surface area contributed by atoms with Gasteiger partial charge < -0.3 is 4.90 Å². The van der Waals surface area contributed by atoms with Crippen LogP contribution in [0.5, 0.6) is 0 Å². The Bertz CT molecular complexity index is 934. The molecule has 0 saturated heterocycles. The summed E-state index contributed by atoms with van der Waals surface area (Å²) in [5.41, 5.74) is 1.49. The summed E-state index contributed by atoms with van der Waals surface area (Å²) in [5, 5.41) is 5.51. The molecule has 0 aliphatic carbocycles. The topological polar surface area (TPSA) is 3.24 Å². The molecule has 3 aromatic carbocycles. The van der Waals surface area contributed by atoms with Crippen molar-refractivity contribution in [2.24, 2.45) is 0 Å². The molecule has 0 heterocycles. The van der Waals surface area contributed by atoms with Gasteiger partial charge in [-0.15, -0.1) is 0 Å². The second-order valence-corrected chi connectivity index (χ2v) is 10.3. The van der Waals surface area contributed by atoms with Gasteiger partial charge in [-0.2, -0.15) is 0 Å². The maximum atomic E-state index is 3.69. The fraction of sp³-hybridized carbons (Fsp3) is 0.533. The van der Waals surface area contributed by atoms with Gasteiger partial charge in [-0.1, -0.05) is 118 Å². The quantitative estimate of drug-likeness (QED) is 0.150. The number of nitrogens with zero attached hydrogens (tertiary/aromatic N) is 1. The van der Waals surface area contributed by atoms with Gasteiger partial charge in [-0.3, -0.25) is 0 Å². The lowest BCUT2D eigenvalue weighted by atomic mass is 9.95. The molecule has 0 atom stereocenters. The van der Waals surface area contributed by atoms with Crippen LogP contribution < -0.4 is 0 Å². The van der Waals surface area contributed by atoms with Gasteiger partial charge in [0.2, 0.25) is 0 Å². The number of benzene rings is 3. The maximum Gasteiger partial charge on any atom is 0.0181 e. The highest BCUT2D eigenvalue weighted by molar-refractivity contribution is 9.10. The molecule has 1 nitrogen and oxygen atoms in total. The molecule has 0 aromatic heterocycles. The predicted molar refractivity (Wildman–Crippen MR) is 147 cm³/mol. The Balaban J connectivity index is 1.69. The van der Waals surface area contributed by atoms with E-state index >= 15 is 0 Å². The van der Waals surface area contributed by atoms with Gasteiger partial charge in [0.25, 0.3) is 0 Å². The normalized spacial score (nSPS) is 11.8. The summed E-state index contributed by atoms with van der Waals surface area (Å²) in [7, 11) is 0. The van der Waals surface area contributed by atoms with Crippen LogP contribution in [0.15, 0.2) is 53.0 Å². The first-order valence-corrected chi connectivity index (χ1v) is 13.8. The second-order valence-electron chi connectivity index (χ2n) is 9.37. The van der Waals surface area contributed by atoms with Crippen molar-refractivity contribution in [3.8, 4) is 0 Å². The van der Waals surface area contributed by atoms with Crippen LogP contribution in [0.4, 0.5) is 0 Å². The lowest BCUT2D eigenvalue weighted by molar-refractivity contribution is 0.263. The van der Waals surface area contributed by atoms with Crippen LogP contribution in [-0.4, -0.2) is 24.5 Å². The monoisotopic (exact) mass is 495 g/mol. The van der Waals surface area contributed by atoms with Crippen molar-refractivity contribution in [1.29, 1.82) is 0 Å². The molecule has 0 unspecified atom stereocenters. The number of rotatable bonds is 15. The third-order valence-corrected chi connectivity index (χ3v) is 7.25. The molecule has 0 aliphatic rings. The highest BCUT2D eigenvalue weighted by Gasteiger charge is 2.10. The van der Waals surface area contributed by atoms with E-state index in [1.54, 1.807) is 0 Å². The Labute approximate surface area is 204 Å². The maximum absolute atomic E-state index is 3.69. The molecule has 0 N–H and O–H groups in total. The van der Waals surface area contributed by atoms with Gasteiger partial charge in [0.15, 0.2) is 0 Å². The Morgan fingerprint density at radius 2 is 1.28 bits per heavy atom. The van der Waals surface area contributed by atoms with Crippen molar-refractivity contribution in [1.82, 2.24) is 4.90 Å². The Hall–Kier alpha value is -1.38. The molecular formula is C30H42BrN. The minimum Gasteiger partial charge on any atom is -0.303 e. The van der Waals surface area contributed by atoms with Gasteiger partial charge in [-0.25, -0.2) is 0 Å². The van der Waals surface area contributed by atoms with Crippen LogP contribution in [0.1, 0.15) is 83.6 Å². The largest absolute Gasteiger partial charge is 0.303 e. The molecule has 2 heteroatoms. The van der Waals surface area contributed by atoms with Crippen molar-refractivity contribution in [3.05, 3.63) is 58.6 Å². The van der Waals surface area contributed by atoms with Crippen LogP contribution in [0.2, 0.25) is 0 Å². The summed E-state index contributed by atoms with van der Waals surface area (Å²) in [6.07, 6.45) is 14.8. The number of halogens is 1. The number of hydrogen-bond acceptors (Lipinski definition) is 1. The first kappa shape index (κ1) is 25.2. The zero-order valence-electron chi connectivity index (χ0n) is 20.3. The fourth-order valence-corrected chi connectivity index (χ4v) is 5.21. The second kappa shape index (κ2) is 14.0. The molecule has 3 rings (SSSR count). The third kappa shape index (κ3) is 7.59. The average Bonchev–Trinajstić information content (AvgIpc) is 2.81. The lowest BCUT2D eigenvalue weighted by Gasteiger charge is -2.23. The smallest absolute Gasteiger partial charge is 0.0181 e. The zero-order chi connectivity index (χ0) is 22.6. The first-order chi connectivity index (χ1) is 15.7. The first-order valence-electron chi connectivity index (χ1n) is 13.0. The Kier molecular flexibility index (Phi) is 11.1. The van der Waals surface area contributed by atoms with E-state index in [4.69, 9.17) is 0 Å². The van der Waals surface area contributed by atoms with Crippen LogP contribution in [0, 0.1) is 0 Å². The average molecular weight is 497 g/mol. The van der Waals surface area contributed by atoms with E-state index in [1.807, 2.05) is 0 Å². The van der Waals surface area contributed by atoms with Gasteiger partial charge in [0.1, 0.15) is 0 Å². The number of hydrogen-bond donors (Lipinski definition) is 0. The lowest BCUT2D eigenvalue weighted by Crippen LogP contribution is -2.28. The Morgan fingerprint density at radius 1 is 0.625 bits per heavy atom. The van der Waals surface area contributed by atoms with E-state index in [1.165, 1.54) is 111 Å². The van der Waals surface area contributed by atoms with E-state index in [9.17, 15) is 0 Å². The molecular weight excluding hydrogens is 454 g/mol. The molecule has 0 saturated carbocycles. The van der Waals surface area contributed by atoms with Crippen LogP contribution in [0.25, 0.3) is 21.5 Å². The zero-order valence-corrected chi connectivity index (χ0v) is 21.9. The van der Waals surface area contributed by atoms with Gasteiger partial charge >= 0.3 is 0 Å². The van der Waals surface area contributed by atoms with E-state index in [0.717, 1.165) is 10.9 Å². The predicted octanol–water partition coefficient (Wildman–Crippen LogP) is 9.54. The highest BCUT2D eigenvalue weighted by Crippen LogP contribution is 2.31. The molecule has 0 fully saturated rings. The SMILES string of the molecule is CCCCCCCN(CCCCCCC)CCc1cc2ccccc2c2cc(Br)ccc12. The molecule has 0 radical (unpaired) electrons. The van der Waals surface area contributed by atoms with E-state index < -0.39 is 0 Å². The van der Waals surface area contributed by atoms with Gasteiger partial charge in [-0.05, 0) is 71.6 Å². The van der Waals surface area contributed by atoms with Gasteiger partial charge in [0, 0.05) is 11.0 Å². The molecule has 0 spiro atoms. The minimum absolute atomic E-state index is 1.13. The summed E-state index contributed by atoms with van der Waals surface area (Å²) in [4.78, 5) is 2.75. The van der Waals surface area contributed by atoms with Crippen molar-refractivity contribution in [2.45, 2.75) is 84.5 Å². The molecule has 0 bridgehead atoms. The molecule has 0 amide bonds.